The van der Waals surface area contributed by atoms with Crippen molar-refractivity contribution in [3.8, 4) is 0 Å². The van der Waals surface area contributed by atoms with Gasteiger partial charge < -0.3 is 10.2 Å². The zero-order valence-electron chi connectivity index (χ0n) is 14.4. The van der Waals surface area contributed by atoms with Gasteiger partial charge in [0.1, 0.15) is 0 Å². The molecule has 0 radical (unpaired) electrons. The number of nitrogens with zero attached hydrogens (tertiary/aromatic N) is 3. The van der Waals surface area contributed by atoms with Gasteiger partial charge in [0, 0.05) is 38.7 Å². The molecular weight excluding hydrogens is 316 g/mol. The maximum atomic E-state index is 12.0. The first-order chi connectivity index (χ1) is 12.2. The Labute approximate surface area is 147 Å². The van der Waals surface area contributed by atoms with Crippen LogP contribution in [-0.2, 0) is 22.6 Å². The van der Waals surface area contributed by atoms with Gasteiger partial charge >= 0.3 is 0 Å². The summed E-state index contributed by atoms with van der Waals surface area (Å²) in [5.74, 6) is -0.0682. The van der Waals surface area contributed by atoms with Crippen molar-refractivity contribution < 1.29 is 9.59 Å². The summed E-state index contributed by atoms with van der Waals surface area (Å²) < 4.78 is 1.82. The molecule has 1 aliphatic rings. The Morgan fingerprint density at radius 1 is 1.08 bits per heavy atom. The molecule has 2 amide bonds. The van der Waals surface area contributed by atoms with Crippen molar-refractivity contribution in [1.29, 1.82) is 0 Å². The quantitative estimate of drug-likeness (QED) is 0.842. The maximum Gasteiger partial charge on any atom is 0.224 e. The summed E-state index contributed by atoms with van der Waals surface area (Å²) in [7, 11) is 0. The minimum Gasteiger partial charge on any atom is -0.343 e. The first kappa shape index (κ1) is 17.2. The number of hydrogen-bond acceptors (Lipinski definition) is 3. The molecule has 6 nitrogen and oxygen atoms in total. The lowest BCUT2D eigenvalue weighted by Crippen LogP contribution is -2.28. The Bertz CT molecular complexity index is 705. The zero-order chi connectivity index (χ0) is 17.5. The normalized spacial score (nSPS) is 13.8. The number of anilines is 1. The molecule has 1 fully saturated rings. The Morgan fingerprint density at radius 2 is 1.84 bits per heavy atom. The number of rotatable bonds is 7. The van der Waals surface area contributed by atoms with Gasteiger partial charge in [-0.3, -0.25) is 14.3 Å². The van der Waals surface area contributed by atoms with Crippen LogP contribution in [0, 0.1) is 0 Å². The standard InChI is InChI=1S/C19H24N4O2/c24-18(8-9-19(25)22-11-4-5-12-22)21-17-14-20-23(15-17)13-10-16-6-2-1-3-7-16/h1-3,6-7,14-15H,4-5,8-13H2,(H,21,24). The van der Waals surface area contributed by atoms with Gasteiger partial charge in [0.25, 0.3) is 0 Å². The molecule has 1 aromatic carbocycles. The molecule has 0 spiro atoms. The molecule has 0 atom stereocenters. The van der Waals surface area contributed by atoms with Gasteiger partial charge in [-0.1, -0.05) is 30.3 Å². The predicted molar refractivity (Wildman–Crippen MR) is 96.1 cm³/mol. The molecule has 1 saturated heterocycles. The minimum atomic E-state index is -0.143. The van der Waals surface area contributed by atoms with Gasteiger partial charge in [-0.15, -0.1) is 0 Å². The van der Waals surface area contributed by atoms with Gasteiger partial charge in [0.2, 0.25) is 11.8 Å². The van der Waals surface area contributed by atoms with Crippen LogP contribution in [0.25, 0.3) is 0 Å². The third-order valence-corrected chi connectivity index (χ3v) is 4.41. The number of amides is 2. The van der Waals surface area contributed by atoms with E-state index in [1.807, 2.05) is 34.0 Å². The van der Waals surface area contributed by atoms with E-state index in [-0.39, 0.29) is 24.7 Å². The molecule has 2 heterocycles. The van der Waals surface area contributed by atoms with E-state index >= 15 is 0 Å². The first-order valence-electron chi connectivity index (χ1n) is 8.85. The third kappa shape index (κ3) is 5.17. The molecule has 3 rings (SSSR count). The van der Waals surface area contributed by atoms with E-state index in [9.17, 15) is 9.59 Å². The Kier molecular flexibility index (Phi) is 5.82. The summed E-state index contributed by atoms with van der Waals surface area (Å²) in [6, 6.07) is 10.2. The van der Waals surface area contributed by atoms with Crippen LogP contribution in [0.4, 0.5) is 5.69 Å². The van der Waals surface area contributed by atoms with E-state index in [1.54, 1.807) is 6.20 Å². The summed E-state index contributed by atoms with van der Waals surface area (Å²) in [4.78, 5) is 25.8. The summed E-state index contributed by atoms with van der Waals surface area (Å²) in [6.07, 6.45) is 6.98. The highest BCUT2D eigenvalue weighted by atomic mass is 16.2. The van der Waals surface area contributed by atoms with Crippen LogP contribution in [-0.4, -0.2) is 39.6 Å². The van der Waals surface area contributed by atoms with Crippen LogP contribution in [0.2, 0.25) is 0 Å². The van der Waals surface area contributed by atoms with E-state index in [0.29, 0.717) is 5.69 Å². The van der Waals surface area contributed by atoms with Gasteiger partial charge in [-0.2, -0.15) is 5.10 Å². The number of benzene rings is 1. The highest BCUT2D eigenvalue weighted by molar-refractivity contribution is 5.93. The second-order valence-corrected chi connectivity index (χ2v) is 6.36. The Morgan fingerprint density at radius 3 is 2.60 bits per heavy atom. The Hall–Kier alpha value is -2.63. The van der Waals surface area contributed by atoms with Crippen molar-refractivity contribution in [2.24, 2.45) is 0 Å². The number of nitrogens with one attached hydrogen (secondary N) is 1. The minimum absolute atomic E-state index is 0.0752. The highest BCUT2D eigenvalue weighted by Crippen LogP contribution is 2.11. The zero-order valence-corrected chi connectivity index (χ0v) is 14.4. The monoisotopic (exact) mass is 340 g/mol. The van der Waals surface area contributed by atoms with Crippen LogP contribution in [0.15, 0.2) is 42.7 Å². The van der Waals surface area contributed by atoms with E-state index in [1.165, 1.54) is 5.56 Å². The van der Waals surface area contributed by atoms with Crippen LogP contribution in [0.5, 0.6) is 0 Å². The molecule has 1 N–H and O–H groups in total. The van der Waals surface area contributed by atoms with E-state index in [2.05, 4.69) is 22.5 Å². The average molecular weight is 340 g/mol. The molecule has 0 bridgehead atoms. The number of aryl methyl sites for hydroxylation is 2. The SMILES string of the molecule is O=C(CCC(=O)N1CCCC1)Nc1cnn(CCc2ccccc2)c1. The second kappa shape index (κ2) is 8.46. The molecule has 6 heteroatoms. The molecule has 1 aromatic heterocycles. The number of carbonyl (C=O) groups is 2. The number of aromatic nitrogens is 2. The lowest BCUT2D eigenvalue weighted by Gasteiger charge is -2.14. The second-order valence-electron chi connectivity index (χ2n) is 6.36. The Balaban J connectivity index is 1.41. The molecule has 1 aliphatic heterocycles. The molecular formula is C19H24N4O2. The van der Waals surface area contributed by atoms with Crippen LogP contribution in [0.1, 0.15) is 31.2 Å². The van der Waals surface area contributed by atoms with E-state index in [4.69, 9.17) is 0 Å². The van der Waals surface area contributed by atoms with E-state index in [0.717, 1.165) is 38.9 Å². The van der Waals surface area contributed by atoms with Crippen LogP contribution < -0.4 is 5.32 Å². The topological polar surface area (TPSA) is 67.2 Å². The highest BCUT2D eigenvalue weighted by Gasteiger charge is 2.18. The molecule has 0 saturated carbocycles. The number of carbonyl (C=O) groups excluding carboxylic acids is 2. The van der Waals surface area contributed by atoms with Crippen LogP contribution in [0.3, 0.4) is 0 Å². The molecule has 0 aliphatic carbocycles. The third-order valence-electron chi connectivity index (χ3n) is 4.41. The fourth-order valence-corrected chi connectivity index (χ4v) is 3.01. The summed E-state index contributed by atoms with van der Waals surface area (Å²) >= 11 is 0. The number of likely N-dealkylation sites (tertiary alicyclic amines) is 1. The van der Waals surface area contributed by atoms with Gasteiger partial charge in [-0.25, -0.2) is 0 Å². The average Bonchev–Trinajstić information content (AvgIpc) is 3.31. The fourth-order valence-electron chi connectivity index (χ4n) is 3.01. The lowest BCUT2D eigenvalue weighted by atomic mass is 10.1. The van der Waals surface area contributed by atoms with Gasteiger partial charge in [0.15, 0.2) is 0 Å². The van der Waals surface area contributed by atoms with Crippen molar-refractivity contribution in [3.63, 3.8) is 0 Å². The smallest absolute Gasteiger partial charge is 0.224 e. The van der Waals surface area contributed by atoms with Crippen LogP contribution >= 0.6 is 0 Å². The van der Waals surface area contributed by atoms with Crippen molar-refractivity contribution in [2.45, 2.75) is 38.6 Å². The molecule has 2 aromatic rings. The molecule has 25 heavy (non-hydrogen) atoms. The fraction of sp³-hybridized carbons (Fsp3) is 0.421. The van der Waals surface area contributed by atoms with Gasteiger partial charge in [-0.05, 0) is 24.8 Å². The maximum absolute atomic E-state index is 12.0. The van der Waals surface area contributed by atoms with Crippen molar-refractivity contribution in [1.82, 2.24) is 14.7 Å². The summed E-state index contributed by atoms with van der Waals surface area (Å²) in [6.45, 7) is 2.41. The largest absolute Gasteiger partial charge is 0.343 e. The van der Waals surface area contributed by atoms with Crippen molar-refractivity contribution in [2.75, 3.05) is 18.4 Å². The molecule has 132 valence electrons. The summed E-state index contributed by atoms with van der Waals surface area (Å²) in [5, 5.41) is 7.08. The predicted octanol–water partition coefficient (Wildman–Crippen LogP) is 2.47. The first-order valence-corrected chi connectivity index (χ1v) is 8.85. The number of hydrogen-bond donors (Lipinski definition) is 1. The molecule has 0 unspecified atom stereocenters. The van der Waals surface area contributed by atoms with Crippen molar-refractivity contribution in [3.05, 3.63) is 48.3 Å². The van der Waals surface area contributed by atoms with Crippen molar-refractivity contribution >= 4 is 17.5 Å². The summed E-state index contributed by atoms with van der Waals surface area (Å²) in [5.41, 5.74) is 1.93. The van der Waals surface area contributed by atoms with E-state index < -0.39 is 0 Å². The lowest BCUT2D eigenvalue weighted by molar-refractivity contribution is -0.131. The van der Waals surface area contributed by atoms with Gasteiger partial charge in [0.05, 0.1) is 11.9 Å².